The summed E-state index contributed by atoms with van der Waals surface area (Å²) in [6, 6.07) is 9.53. The Bertz CT molecular complexity index is 1080. The molecule has 12 nitrogen and oxygen atoms in total. The standard InChI is InChI=1S/C20H18N4O8/c1-31-14-6-7-15(16(10-14)24(29)30)21-18(26)11-32-20(28)12-2-4-13(5-3-12)23-19(27)9-8-17(25)22-23/h2-7,10H,8-9,11H2,1H3,(H,21,26)(H,22,25). The van der Waals surface area contributed by atoms with E-state index in [0.717, 1.165) is 11.1 Å². The molecule has 1 aliphatic heterocycles. The van der Waals surface area contributed by atoms with E-state index in [4.69, 9.17) is 9.47 Å². The molecule has 12 heteroatoms. The van der Waals surface area contributed by atoms with Gasteiger partial charge in [0, 0.05) is 12.8 Å². The van der Waals surface area contributed by atoms with Crippen molar-refractivity contribution in [3.05, 3.63) is 58.1 Å². The Kier molecular flexibility index (Phi) is 6.63. The Morgan fingerprint density at radius 3 is 2.53 bits per heavy atom. The molecule has 166 valence electrons. The first kappa shape index (κ1) is 22.2. The van der Waals surface area contributed by atoms with Crippen LogP contribution in [0.1, 0.15) is 23.2 Å². The number of carbonyl (C=O) groups is 4. The van der Waals surface area contributed by atoms with Gasteiger partial charge in [-0.3, -0.25) is 29.9 Å². The molecule has 0 aliphatic carbocycles. The number of ether oxygens (including phenoxy) is 2. The van der Waals surface area contributed by atoms with E-state index in [0.29, 0.717) is 5.69 Å². The van der Waals surface area contributed by atoms with E-state index < -0.39 is 23.4 Å². The van der Waals surface area contributed by atoms with Crippen LogP contribution in [0.4, 0.5) is 17.1 Å². The number of carbonyl (C=O) groups excluding carboxylic acids is 4. The zero-order chi connectivity index (χ0) is 23.3. The number of anilines is 2. The molecule has 0 spiro atoms. The van der Waals surface area contributed by atoms with E-state index in [1.165, 1.54) is 43.5 Å². The molecule has 1 heterocycles. The number of hydrogen-bond donors (Lipinski definition) is 2. The maximum Gasteiger partial charge on any atom is 0.338 e. The lowest BCUT2D eigenvalue weighted by molar-refractivity contribution is -0.384. The van der Waals surface area contributed by atoms with Gasteiger partial charge in [-0.15, -0.1) is 0 Å². The molecule has 3 rings (SSSR count). The fourth-order valence-corrected chi connectivity index (χ4v) is 2.83. The molecule has 3 amide bonds. The first-order chi connectivity index (χ1) is 15.3. The minimum atomic E-state index is -0.815. The molecule has 2 N–H and O–H groups in total. The maximum absolute atomic E-state index is 12.2. The first-order valence-corrected chi connectivity index (χ1v) is 9.30. The number of nitro groups is 1. The normalized spacial score (nSPS) is 13.2. The number of hydrazine groups is 1. The van der Waals surface area contributed by atoms with E-state index >= 15 is 0 Å². The topological polar surface area (TPSA) is 157 Å². The number of benzene rings is 2. The van der Waals surface area contributed by atoms with E-state index in [1.54, 1.807) is 0 Å². The predicted octanol–water partition coefficient (Wildman–Crippen LogP) is 1.56. The zero-order valence-corrected chi connectivity index (χ0v) is 16.8. The van der Waals surface area contributed by atoms with Gasteiger partial charge in [-0.25, -0.2) is 9.80 Å². The van der Waals surface area contributed by atoms with Gasteiger partial charge >= 0.3 is 5.97 Å². The molecule has 0 unspecified atom stereocenters. The Hall–Kier alpha value is -4.48. The average Bonchev–Trinajstić information content (AvgIpc) is 2.79. The molecule has 1 saturated heterocycles. The van der Waals surface area contributed by atoms with Crippen LogP contribution in [0.5, 0.6) is 5.75 Å². The highest BCUT2D eigenvalue weighted by Gasteiger charge is 2.24. The van der Waals surface area contributed by atoms with Crippen LogP contribution in [0.2, 0.25) is 0 Å². The lowest BCUT2D eigenvalue weighted by Crippen LogP contribution is -2.50. The minimum absolute atomic E-state index is 0.0746. The summed E-state index contributed by atoms with van der Waals surface area (Å²) in [6.07, 6.45) is 0.193. The molecule has 0 aromatic heterocycles. The monoisotopic (exact) mass is 442 g/mol. The number of esters is 1. The van der Waals surface area contributed by atoms with Crippen LogP contribution in [0.15, 0.2) is 42.5 Å². The lowest BCUT2D eigenvalue weighted by atomic mass is 10.2. The van der Waals surface area contributed by atoms with Crippen molar-refractivity contribution in [1.82, 2.24) is 5.43 Å². The van der Waals surface area contributed by atoms with Gasteiger partial charge in [0.05, 0.1) is 29.4 Å². The van der Waals surface area contributed by atoms with E-state index in [2.05, 4.69) is 10.7 Å². The van der Waals surface area contributed by atoms with Gasteiger partial charge in [-0.2, -0.15) is 0 Å². The van der Waals surface area contributed by atoms with Crippen molar-refractivity contribution in [2.24, 2.45) is 0 Å². The van der Waals surface area contributed by atoms with Crippen LogP contribution < -0.4 is 20.5 Å². The number of hydrogen-bond acceptors (Lipinski definition) is 8. The number of methoxy groups -OCH3 is 1. The van der Waals surface area contributed by atoms with Crippen LogP contribution in [0.25, 0.3) is 0 Å². The van der Waals surface area contributed by atoms with Crippen LogP contribution >= 0.6 is 0 Å². The molecule has 0 radical (unpaired) electrons. The number of nitro benzene ring substituents is 1. The molecule has 0 bridgehead atoms. The quantitative estimate of drug-likeness (QED) is 0.371. The Morgan fingerprint density at radius 1 is 1.16 bits per heavy atom. The molecule has 1 fully saturated rings. The fourth-order valence-electron chi connectivity index (χ4n) is 2.83. The van der Waals surface area contributed by atoms with Crippen molar-refractivity contribution >= 4 is 40.8 Å². The summed E-state index contributed by atoms with van der Waals surface area (Å²) in [4.78, 5) is 58.1. The van der Waals surface area contributed by atoms with Gasteiger partial charge in [-0.05, 0) is 36.4 Å². The summed E-state index contributed by atoms with van der Waals surface area (Å²) in [6.45, 7) is -0.676. The zero-order valence-electron chi connectivity index (χ0n) is 16.8. The largest absolute Gasteiger partial charge is 0.496 e. The molecule has 2 aromatic rings. The summed E-state index contributed by atoms with van der Waals surface area (Å²) in [5.41, 5.74) is 2.45. The van der Waals surface area contributed by atoms with Crippen LogP contribution in [-0.4, -0.2) is 42.3 Å². The molecule has 0 atom stereocenters. The van der Waals surface area contributed by atoms with Crippen molar-refractivity contribution in [2.75, 3.05) is 24.0 Å². The number of nitrogens with one attached hydrogen (secondary N) is 2. The third-order valence-corrected chi connectivity index (χ3v) is 4.42. The maximum atomic E-state index is 12.2. The number of rotatable bonds is 7. The van der Waals surface area contributed by atoms with E-state index in [1.807, 2.05) is 0 Å². The Morgan fingerprint density at radius 2 is 1.88 bits per heavy atom. The fraction of sp³-hybridized carbons (Fsp3) is 0.200. The van der Waals surface area contributed by atoms with Gasteiger partial charge < -0.3 is 14.8 Å². The van der Waals surface area contributed by atoms with E-state index in [9.17, 15) is 29.3 Å². The van der Waals surface area contributed by atoms with Gasteiger partial charge in [0.25, 0.3) is 11.6 Å². The first-order valence-electron chi connectivity index (χ1n) is 9.30. The molecule has 1 aliphatic rings. The van der Waals surface area contributed by atoms with Gasteiger partial charge in [-0.1, -0.05) is 0 Å². The highest BCUT2D eigenvalue weighted by molar-refractivity contribution is 6.01. The lowest BCUT2D eigenvalue weighted by Gasteiger charge is -2.27. The van der Waals surface area contributed by atoms with Crippen LogP contribution in [-0.2, 0) is 19.1 Å². The highest BCUT2D eigenvalue weighted by atomic mass is 16.6. The average molecular weight is 442 g/mol. The smallest absolute Gasteiger partial charge is 0.338 e. The predicted molar refractivity (Wildman–Crippen MR) is 110 cm³/mol. The SMILES string of the molecule is COc1ccc(NC(=O)COC(=O)c2ccc(N3NC(=O)CCC3=O)cc2)c([N+](=O)[O-])c1. The highest BCUT2D eigenvalue weighted by Crippen LogP contribution is 2.28. The summed E-state index contributed by atoms with van der Waals surface area (Å²) < 4.78 is 9.86. The van der Waals surface area contributed by atoms with Crippen molar-refractivity contribution in [2.45, 2.75) is 12.8 Å². The van der Waals surface area contributed by atoms with Gasteiger partial charge in [0.2, 0.25) is 11.8 Å². The van der Waals surface area contributed by atoms with Crippen molar-refractivity contribution < 1.29 is 33.6 Å². The third kappa shape index (κ3) is 5.16. The summed E-state index contributed by atoms with van der Waals surface area (Å²) >= 11 is 0. The van der Waals surface area contributed by atoms with Crippen LogP contribution in [0, 0.1) is 10.1 Å². The molecule has 32 heavy (non-hydrogen) atoms. The number of amides is 3. The van der Waals surface area contributed by atoms with Crippen molar-refractivity contribution in [1.29, 1.82) is 0 Å². The summed E-state index contributed by atoms with van der Waals surface area (Å²) in [5, 5.41) is 14.6. The molecule has 2 aromatic carbocycles. The second kappa shape index (κ2) is 9.55. The van der Waals surface area contributed by atoms with Crippen LogP contribution in [0.3, 0.4) is 0 Å². The second-order valence-electron chi connectivity index (χ2n) is 6.58. The number of nitrogens with zero attached hydrogens (tertiary/aromatic N) is 2. The van der Waals surface area contributed by atoms with Crippen molar-refractivity contribution in [3.63, 3.8) is 0 Å². The molecular weight excluding hydrogens is 424 g/mol. The minimum Gasteiger partial charge on any atom is -0.496 e. The van der Waals surface area contributed by atoms with E-state index in [-0.39, 0.29) is 47.3 Å². The second-order valence-corrected chi connectivity index (χ2v) is 6.58. The Labute approximate surface area is 181 Å². The Balaban J connectivity index is 1.59. The van der Waals surface area contributed by atoms with Gasteiger partial charge in [0.15, 0.2) is 6.61 Å². The molecule has 0 saturated carbocycles. The third-order valence-electron chi connectivity index (χ3n) is 4.42. The van der Waals surface area contributed by atoms with Crippen molar-refractivity contribution in [3.8, 4) is 5.75 Å². The summed E-state index contributed by atoms with van der Waals surface area (Å²) in [5.74, 6) is -1.93. The van der Waals surface area contributed by atoms with Gasteiger partial charge in [0.1, 0.15) is 11.4 Å². The summed E-state index contributed by atoms with van der Waals surface area (Å²) in [7, 11) is 1.35. The molecular formula is C20H18N4O8.